The molecule has 2 fully saturated rings. The first-order valence-electron chi connectivity index (χ1n) is 12.6. The van der Waals surface area contributed by atoms with Crippen LogP contribution in [-0.4, -0.2) is 45.5 Å². The molecule has 3 heterocycles. The summed E-state index contributed by atoms with van der Waals surface area (Å²) in [5.41, 5.74) is -0.179. The molecule has 9 heteroatoms. The van der Waals surface area contributed by atoms with Gasteiger partial charge in [-0.1, -0.05) is 13.8 Å². The summed E-state index contributed by atoms with van der Waals surface area (Å²) in [7, 11) is 0. The highest BCUT2D eigenvalue weighted by molar-refractivity contribution is 7.17. The van der Waals surface area contributed by atoms with Crippen molar-refractivity contribution < 1.29 is 9.59 Å². The van der Waals surface area contributed by atoms with E-state index in [4.69, 9.17) is 0 Å². The summed E-state index contributed by atoms with van der Waals surface area (Å²) in [4.78, 5) is 53.7. The molecular formula is C25H36N4O4S. The van der Waals surface area contributed by atoms with Crippen LogP contribution in [0.15, 0.2) is 21.0 Å². The van der Waals surface area contributed by atoms with Gasteiger partial charge in [-0.15, -0.1) is 11.3 Å². The summed E-state index contributed by atoms with van der Waals surface area (Å²) < 4.78 is 3.25. The highest BCUT2D eigenvalue weighted by atomic mass is 32.1. The van der Waals surface area contributed by atoms with Gasteiger partial charge in [-0.3, -0.25) is 23.5 Å². The van der Waals surface area contributed by atoms with Crippen molar-refractivity contribution in [2.75, 3.05) is 19.6 Å². The number of nitrogens with one attached hydrogen (secondary N) is 1. The average Bonchev–Trinajstić information content (AvgIpc) is 3.52. The Bertz CT molecular complexity index is 1130. The fraction of sp³-hybridized carbons (Fsp3) is 0.680. The Balaban J connectivity index is 1.46. The monoisotopic (exact) mass is 488 g/mol. The van der Waals surface area contributed by atoms with Crippen molar-refractivity contribution in [1.82, 2.24) is 19.4 Å². The Morgan fingerprint density at radius 1 is 1.09 bits per heavy atom. The minimum Gasteiger partial charge on any atom is -0.355 e. The average molecular weight is 489 g/mol. The van der Waals surface area contributed by atoms with Crippen molar-refractivity contribution in [1.29, 1.82) is 0 Å². The predicted octanol–water partition coefficient (Wildman–Crippen LogP) is 2.82. The predicted molar refractivity (Wildman–Crippen MR) is 134 cm³/mol. The van der Waals surface area contributed by atoms with Crippen molar-refractivity contribution >= 4 is 33.4 Å². The number of likely N-dealkylation sites (tertiary alicyclic amines) is 1. The van der Waals surface area contributed by atoms with Crippen LogP contribution < -0.4 is 16.6 Å². The summed E-state index contributed by atoms with van der Waals surface area (Å²) in [5.74, 6) is 0.783. The van der Waals surface area contributed by atoms with Gasteiger partial charge in [0.2, 0.25) is 11.8 Å². The quantitative estimate of drug-likeness (QED) is 0.618. The van der Waals surface area contributed by atoms with Gasteiger partial charge in [0.25, 0.3) is 5.56 Å². The van der Waals surface area contributed by atoms with E-state index in [2.05, 4.69) is 19.2 Å². The summed E-state index contributed by atoms with van der Waals surface area (Å²) >= 11 is 1.31. The van der Waals surface area contributed by atoms with Crippen LogP contribution in [0, 0.1) is 17.8 Å². The van der Waals surface area contributed by atoms with Crippen LogP contribution in [0.5, 0.6) is 0 Å². The largest absolute Gasteiger partial charge is 0.355 e. The van der Waals surface area contributed by atoms with E-state index in [0.717, 1.165) is 58.0 Å². The molecule has 1 saturated heterocycles. The van der Waals surface area contributed by atoms with Crippen LogP contribution >= 0.6 is 11.3 Å². The van der Waals surface area contributed by atoms with Crippen molar-refractivity contribution in [2.45, 2.75) is 71.9 Å². The number of hydrogen-bond donors (Lipinski definition) is 1. The van der Waals surface area contributed by atoms with E-state index in [1.807, 2.05) is 4.90 Å². The lowest BCUT2D eigenvalue weighted by Gasteiger charge is -2.30. The first-order chi connectivity index (χ1) is 16.3. The lowest BCUT2D eigenvalue weighted by molar-refractivity contribution is -0.135. The van der Waals surface area contributed by atoms with E-state index in [1.54, 1.807) is 11.4 Å². The number of fused-ring (bicyclic) bond motifs is 1. The van der Waals surface area contributed by atoms with E-state index in [9.17, 15) is 19.2 Å². The number of carbonyl (C=O) groups excluding carboxylic acids is 2. The maximum atomic E-state index is 13.3. The van der Waals surface area contributed by atoms with Gasteiger partial charge in [0, 0.05) is 32.1 Å². The smallest absolute Gasteiger partial charge is 0.332 e. The fourth-order valence-electron chi connectivity index (χ4n) is 5.19. The molecule has 2 aliphatic rings. The van der Waals surface area contributed by atoms with Crippen LogP contribution in [0.2, 0.25) is 0 Å². The van der Waals surface area contributed by atoms with E-state index < -0.39 is 5.69 Å². The number of aromatic nitrogens is 2. The highest BCUT2D eigenvalue weighted by Gasteiger charge is 2.31. The highest BCUT2D eigenvalue weighted by Crippen LogP contribution is 2.31. The molecule has 1 N–H and O–H groups in total. The van der Waals surface area contributed by atoms with Gasteiger partial charge in [0.15, 0.2) is 0 Å². The third-order valence-electron chi connectivity index (χ3n) is 7.24. The molecule has 2 aromatic rings. The zero-order chi connectivity index (χ0) is 24.2. The molecule has 1 aliphatic heterocycles. The van der Waals surface area contributed by atoms with Gasteiger partial charge < -0.3 is 10.2 Å². The molecule has 0 spiro atoms. The number of nitrogens with zero attached hydrogens (tertiary/aromatic N) is 3. The number of amides is 2. The van der Waals surface area contributed by atoms with Crippen molar-refractivity contribution in [3.63, 3.8) is 0 Å². The maximum absolute atomic E-state index is 13.3. The van der Waals surface area contributed by atoms with E-state index in [1.165, 1.54) is 20.5 Å². The molecule has 2 amide bonds. The van der Waals surface area contributed by atoms with Gasteiger partial charge in [-0.2, -0.15) is 0 Å². The Labute approximate surface area is 203 Å². The first kappa shape index (κ1) is 24.7. The molecule has 186 valence electrons. The molecule has 0 unspecified atom stereocenters. The second-order valence-corrected chi connectivity index (χ2v) is 11.1. The summed E-state index contributed by atoms with van der Waals surface area (Å²) in [6.45, 7) is 6.75. The van der Waals surface area contributed by atoms with Gasteiger partial charge in [-0.05, 0) is 68.2 Å². The molecule has 0 aromatic carbocycles. The lowest BCUT2D eigenvalue weighted by atomic mass is 9.81. The number of hydrogen-bond acceptors (Lipinski definition) is 5. The zero-order valence-corrected chi connectivity index (χ0v) is 21.1. The third-order valence-corrected chi connectivity index (χ3v) is 8.13. The molecular weight excluding hydrogens is 452 g/mol. The molecule has 34 heavy (non-hydrogen) atoms. The summed E-state index contributed by atoms with van der Waals surface area (Å²) in [6.07, 6.45) is 6.33. The zero-order valence-electron chi connectivity index (χ0n) is 20.3. The molecule has 0 radical (unpaired) electrons. The minimum atomic E-state index is -0.426. The van der Waals surface area contributed by atoms with E-state index in [-0.39, 0.29) is 35.8 Å². The molecule has 8 nitrogen and oxygen atoms in total. The Morgan fingerprint density at radius 3 is 2.47 bits per heavy atom. The third kappa shape index (κ3) is 5.45. The second-order valence-electron chi connectivity index (χ2n) is 10.2. The maximum Gasteiger partial charge on any atom is 0.332 e. The van der Waals surface area contributed by atoms with E-state index >= 15 is 0 Å². The molecule has 2 aromatic heterocycles. The SMILES string of the molecule is CC(C)CCNC(=O)Cn1c(=O)n(CC2CCC(C(=O)N3CCCC3)CC2)c(=O)c2sccc21. The fourth-order valence-corrected chi connectivity index (χ4v) is 6.04. The van der Waals surface area contributed by atoms with Gasteiger partial charge in [0.05, 0.1) is 5.52 Å². The summed E-state index contributed by atoms with van der Waals surface area (Å²) in [5, 5.41) is 4.67. The Hall–Kier alpha value is -2.42. The topological polar surface area (TPSA) is 93.4 Å². The lowest BCUT2D eigenvalue weighted by Crippen LogP contribution is -2.44. The van der Waals surface area contributed by atoms with Gasteiger partial charge >= 0.3 is 5.69 Å². The van der Waals surface area contributed by atoms with Crippen LogP contribution in [0.4, 0.5) is 0 Å². The number of carbonyl (C=O) groups is 2. The second kappa shape index (κ2) is 10.9. The van der Waals surface area contributed by atoms with Crippen molar-refractivity contribution in [3.05, 3.63) is 32.3 Å². The van der Waals surface area contributed by atoms with Crippen LogP contribution in [-0.2, 0) is 22.7 Å². The molecule has 1 saturated carbocycles. The van der Waals surface area contributed by atoms with Crippen LogP contribution in [0.3, 0.4) is 0 Å². The van der Waals surface area contributed by atoms with Gasteiger partial charge in [0.1, 0.15) is 11.2 Å². The molecule has 0 atom stereocenters. The molecule has 4 rings (SSSR count). The van der Waals surface area contributed by atoms with Crippen molar-refractivity contribution in [2.24, 2.45) is 17.8 Å². The van der Waals surface area contributed by atoms with E-state index in [0.29, 0.717) is 29.2 Å². The minimum absolute atomic E-state index is 0.0667. The molecule has 1 aliphatic carbocycles. The van der Waals surface area contributed by atoms with Gasteiger partial charge in [-0.25, -0.2) is 4.79 Å². The normalized spacial score (nSPS) is 20.9. The summed E-state index contributed by atoms with van der Waals surface area (Å²) in [6, 6.07) is 1.74. The van der Waals surface area contributed by atoms with Crippen LogP contribution in [0.1, 0.15) is 58.8 Å². The van der Waals surface area contributed by atoms with Crippen molar-refractivity contribution in [3.8, 4) is 0 Å². The standard InChI is InChI=1S/C25H36N4O4S/c1-17(2)9-11-26-21(30)16-28-20-10-14-34-22(20)24(32)29(25(28)33)15-18-5-7-19(8-6-18)23(31)27-12-3-4-13-27/h10,14,17-19H,3-9,11-13,15-16H2,1-2H3,(H,26,30). The first-order valence-corrected chi connectivity index (χ1v) is 13.5. The Morgan fingerprint density at radius 2 is 1.79 bits per heavy atom. The number of rotatable bonds is 8. The Kier molecular flexibility index (Phi) is 7.91. The van der Waals surface area contributed by atoms with Crippen LogP contribution in [0.25, 0.3) is 10.2 Å². The molecule has 0 bridgehead atoms. The number of thiophene rings is 1.